The minimum absolute atomic E-state index is 0.00945. The first-order chi connectivity index (χ1) is 14.6. The third kappa shape index (κ3) is 5.11. The van der Waals surface area contributed by atoms with Gasteiger partial charge in [0.2, 0.25) is 0 Å². The summed E-state index contributed by atoms with van der Waals surface area (Å²) in [5, 5.41) is 7.72. The van der Waals surface area contributed by atoms with E-state index >= 15 is 0 Å². The first-order valence-corrected chi connectivity index (χ1v) is 10.1. The van der Waals surface area contributed by atoms with E-state index in [-0.39, 0.29) is 17.2 Å². The van der Waals surface area contributed by atoms with E-state index in [1.807, 2.05) is 6.07 Å². The van der Waals surface area contributed by atoms with E-state index in [4.69, 9.17) is 4.74 Å². The van der Waals surface area contributed by atoms with Crippen molar-refractivity contribution in [3.8, 4) is 5.69 Å². The average Bonchev–Trinajstić information content (AvgIpc) is 2.78. The number of hydrogen-bond acceptors (Lipinski definition) is 5. The molecule has 0 saturated heterocycles. The Kier molecular flexibility index (Phi) is 7.32. The highest BCUT2D eigenvalue weighted by Gasteiger charge is 2.19. The fraction of sp³-hybridized carbons (Fsp3) is 0.304. The number of esters is 1. The molecule has 156 valence electrons. The van der Waals surface area contributed by atoms with Crippen molar-refractivity contribution in [2.24, 2.45) is 0 Å². The van der Waals surface area contributed by atoms with E-state index in [0.717, 1.165) is 25.7 Å². The number of para-hydroxylation sites is 1. The fourth-order valence-electron chi connectivity index (χ4n) is 3.11. The van der Waals surface area contributed by atoms with Crippen LogP contribution < -0.4 is 10.9 Å². The van der Waals surface area contributed by atoms with E-state index in [0.29, 0.717) is 23.0 Å². The molecule has 0 spiro atoms. The molecule has 30 heavy (non-hydrogen) atoms. The molecular weight excluding hydrogens is 382 g/mol. The molecule has 0 unspecified atom stereocenters. The van der Waals surface area contributed by atoms with Crippen molar-refractivity contribution in [3.63, 3.8) is 0 Å². The maximum absolute atomic E-state index is 12.8. The molecule has 1 aromatic heterocycles. The van der Waals surface area contributed by atoms with Crippen molar-refractivity contribution >= 4 is 22.6 Å². The minimum Gasteiger partial charge on any atom is -0.451 e. The number of hydrogen-bond donors (Lipinski definition) is 1. The maximum atomic E-state index is 12.8. The predicted molar refractivity (Wildman–Crippen MR) is 115 cm³/mol. The number of benzene rings is 2. The molecule has 0 atom stereocenters. The third-order valence-corrected chi connectivity index (χ3v) is 4.69. The van der Waals surface area contributed by atoms with Gasteiger partial charge in [0.15, 0.2) is 12.3 Å². The van der Waals surface area contributed by atoms with Gasteiger partial charge < -0.3 is 10.1 Å². The van der Waals surface area contributed by atoms with Gasteiger partial charge in [0.25, 0.3) is 11.5 Å². The molecule has 0 aliphatic rings. The lowest BCUT2D eigenvalue weighted by molar-refractivity contribution is -0.124. The van der Waals surface area contributed by atoms with Gasteiger partial charge in [-0.25, -0.2) is 4.79 Å². The normalized spacial score (nSPS) is 10.7. The summed E-state index contributed by atoms with van der Waals surface area (Å²) >= 11 is 0. The van der Waals surface area contributed by atoms with Gasteiger partial charge in [0.05, 0.1) is 11.1 Å². The zero-order valence-electron chi connectivity index (χ0n) is 17.0. The molecule has 0 saturated carbocycles. The number of unbranched alkanes of at least 4 members (excludes halogenated alkanes) is 3. The summed E-state index contributed by atoms with van der Waals surface area (Å²) in [4.78, 5) is 37.5. The van der Waals surface area contributed by atoms with E-state index in [1.165, 1.54) is 4.68 Å². The Labute approximate surface area is 174 Å². The Morgan fingerprint density at radius 3 is 2.40 bits per heavy atom. The lowest BCUT2D eigenvalue weighted by atomic mass is 10.1. The van der Waals surface area contributed by atoms with Crippen LogP contribution in [0.15, 0.2) is 59.4 Å². The lowest BCUT2D eigenvalue weighted by Crippen LogP contribution is -2.30. The van der Waals surface area contributed by atoms with Gasteiger partial charge in [0.1, 0.15) is 0 Å². The number of fused-ring (bicyclic) bond motifs is 1. The van der Waals surface area contributed by atoms with Gasteiger partial charge in [-0.2, -0.15) is 9.78 Å². The number of carbonyl (C=O) groups is 2. The monoisotopic (exact) mass is 407 g/mol. The molecule has 3 aromatic rings. The third-order valence-electron chi connectivity index (χ3n) is 4.69. The molecule has 1 heterocycles. The van der Waals surface area contributed by atoms with Crippen molar-refractivity contribution < 1.29 is 14.3 Å². The minimum atomic E-state index is -0.753. The second-order valence-corrected chi connectivity index (χ2v) is 6.93. The smallest absolute Gasteiger partial charge is 0.359 e. The van der Waals surface area contributed by atoms with Gasteiger partial charge in [-0.3, -0.25) is 9.59 Å². The number of nitrogens with zero attached hydrogens (tertiary/aromatic N) is 2. The van der Waals surface area contributed by atoms with Crippen LogP contribution in [-0.2, 0) is 9.53 Å². The maximum Gasteiger partial charge on any atom is 0.359 e. The van der Waals surface area contributed by atoms with Crippen molar-refractivity contribution in [3.05, 3.63) is 70.6 Å². The highest BCUT2D eigenvalue weighted by Crippen LogP contribution is 2.16. The summed E-state index contributed by atoms with van der Waals surface area (Å²) in [6.45, 7) is 2.28. The van der Waals surface area contributed by atoms with Crippen LogP contribution in [0, 0.1) is 0 Å². The highest BCUT2D eigenvalue weighted by molar-refractivity contribution is 6.02. The average molecular weight is 407 g/mol. The number of rotatable bonds is 9. The molecule has 1 N–H and O–H groups in total. The van der Waals surface area contributed by atoms with Crippen LogP contribution in [0.25, 0.3) is 16.5 Å². The second kappa shape index (κ2) is 10.3. The van der Waals surface area contributed by atoms with Crippen LogP contribution in [0.5, 0.6) is 0 Å². The van der Waals surface area contributed by atoms with Crippen LogP contribution in [0.1, 0.15) is 43.1 Å². The molecule has 7 nitrogen and oxygen atoms in total. The molecule has 2 aromatic carbocycles. The molecule has 7 heteroatoms. The van der Waals surface area contributed by atoms with Crippen LogP contribution >= 0.6 is 0 Å². The van der Waals surface area contributed by atoms with E-state index in [1.54, 1.807) is 48.5 Å². The van der Waals surface area contributed by atoms with Gasteiger partial charge in [-0.1, -0.05) is 62.6 Å². The molecule has 0 bridgehead atoms. The number of carbonyl (C=O) groups excluding carboxylic acids is 2. The summed E-state index contributed by atoms with van der Waals surface area (Å²) in [7, 11) is 0. The van der Waals surface area contributed by atoms with Crippen LogP contribution in [0.2, 0.25) is 0 Å². The molecule has 0 fully saturated rings. The Hall–Kier alpha value is -3.48. The van der Waals surface area contributed by atoms with Gasteiger partial charge in [-0.05, 0) is 24.6 Å². The topological polar surface area (TPSA) is 90.3 Å². The quantitative estimate of drug-likeness (QED) is 0.434. The first-order valence-electron chi connectivity index (χ1n) is 10.1. The summed E-state index contributed by atoms with van der Waals surface area (Å²) in [6, 6.07) is 15.6. The summed E-state index contributed by atoms with van der Waals surface area (Å²) in [5.74, 6) is -1.11. The molecule has 1 amide bonds. The number of amides is 1. The fourth-order valence-corrected chi connectivity index (χ4v) is 3.11. The summed E-state index contributed by atoms with van der Waals surface area (Å²) in [6.07, 6.45) is 4.19. The predicted octanol–water partition coefficient (Wildman–Crippen LogP) is 3.24. The van der Waals surface area contributed by atoms with E-state index < -0.39 is 12.6 Å². The standard InChI is InChI=1S/C23H25N3O4/c1-2-3-4-10-15-24-20(27)16-30-23(29)21-18-13-8-9-14-19(18)22(28)26(25-21)17-11-6-5-7-12-17/h5-9,11-14H,2-4,10,15-16H2,1H3,(H,24,27). The van der Waals surface area contributed by atoms with E-state index in [2.05, 4.69) is 17.3 Å². The van der Waals surface area contributed by atoms with Crippen LogP contribution in [-0.4, -0.2) is 34.8 Å². The summed E-state index contributed by atoms with van der Waals surface area (Å²) in [5.41, 5.74) is 0.190. The highest BCUT2D eigenvalue weighted by atomic mass is 16.5. The zero-order valence-corrected chi connectivity index (χ0v) is 17.0. The zero-order chi connectivity index (χ0) is 21.3. The Bertz CT molecular complexity index is 1080. The van der Waals surface area contributed by atoms with Crippen molar-refractivity contribution in [1.82, 2.24) is 15.1 Å². The number of ether oxygens (including phenoxy) is 1. The second-order valence-electron chi connectivity index (χ2n) is 6.93. The van der Waals surface area contributed by atoms with Gasteiger partial charge >= 0.3 is 5.97 Å². The SMILES string of the molecule is CCCCCCNC(=O)COC(=O)c1nn(-c2ccccc2)c(=O)c2ccccc12. The van der Waals surface area contributed by atoms with Crippen molar-refractivity contribution in [1.29, 1.82) is 0 Å². The Balaban J connectivity index is 1.78. The van der Waals surface area contributed by atoms with E-state index in [9.17, 15) is 14.4 Å². The molecule has 0 aliphatic heterocycles. The largest absolute Gasteiger partial charge is 0.451 e. The Morgan fingerprint density at radius 2 is 1.67 bits per heavy atom. The summed E-state index contributed by atoms with van der Waals surface area (Å²) < 4.78 is 6.35. The van der Waals surface area contributed by atoms with Gasteiger partial charge in [-0.15, -0.1) is 0 Å². The van der Waals surface area contributed by atoms with Crippen molar-refractivity contribution in [2.45, 2.75) is 32.6 Å². The first kappa shape index (κ1) is 21.2. The molecular formula is C23H25N3O4. The molecule has 0 radical (unpaired) electrons. The van der Waals surface area contributed by atoms with Crippen LogP contribution in [0.4, 0.5) is 0 Å². The van der Waals surface area contributed by atoms with Crippen molar-refractivity contribution in [2.75, 3.05) is 13.2 Å². The Morgan fingerprint density at radius 1 is 0.967 bits per heavy atom. The lowest BCUT2D eigenvalue weighted by Gasteiger charge is -2.11. The van der Waals surface area contributed by atoms with Gasteiger partial charge in [0, 0.05) is 11.9 Å². The molecule has 3 rings (SSSR count). The number of nitrogens with one attached hydrogen (secondary N) is 1. The van der Waals surface area contributed by atoms with Crippen LogP contribution in [0.3, 0.4) is 0 Å². The number of aromatic nitrogens is 2. The molecule has 0 aliphatic carbocycles.